The van der Waals surface area contributed by atoms with Crippen molar-refractivity contribution in [2.24, 2.45) is 0 Å². The Morgan fingerprint density at radius 2 is 1.75 bits per heavy atom. The summed E-state index contributed by atoms with van der Waals surface area (Å²) in [4.78, 5) is 29.5. The third-order valence-corrected chi connectivity index (χ3v) is 8.98. The number of nitrogens with zero attached hydrogens (tertiary/aromatic N) is 2. The molecular formula is C33H30N2O7S2. The Labute approximate surface area is 259 Å². The second-order valence-electron chi connectivity index (χ2n) is 10.2. The fourth-order valence-electron chi connectivity index (χ4n) is 4.94. The Morgan fingerprint density at radius 1 is 1.00 bits per heavy atom. The maximum absolute atomic E-state index is 12.1. The molecule has 0 aliphatic carbocycles. The normalized spacial score (nSPS) is 14.2. The summed E-state index contributed by atoms with van der Waals surface area (Å²) < 4.78 is 38.4. The van der Waals surface area contributed by atoms with Crippen LogP contribution in [0.1, 0.15) is 52.2 Å². The van der Waals surface area contributed by atoms with Gasteiger partial charge >= 0.3 is 11.9 Å². The number of allylic oxidation sites excluding steroid dienone is 4. The summed E-state index contributed by atoms with van der Waals surface area (Å²) in [6.07, 6.45) is 10.5. The van der Waals surface area contributed by atoms with E-state index < -0.39 is 22.1 Å². The van der Waals surface area contributed by atoms with Crippen molar-refractivity contribution < 1.29 is 32.4 Å². The average molecular weight is 631 g/mol. The van der Waals surface area contributed by atoms with Crippen LogP contribution >= 0.6 is 11.3 Å². The number of hydrogen-bond acceptors (Lipinski definition) is 8. The molecule has 1 aliphatic heterocycles. The molecule has 0 unspecified atom stereocenters. The highest BCUT2D eigenvalue weighted by atomic mass is 32.2. The lowest BCUT2D eigenvalue weighted by molar-refractivity contribution is -0.137. The van der Waals surface area contributed by atoms with E-state index in [1.165, 1.54) is 30.6 Å². The quantitative estimate of drug-likeness (QED) is 0.103. The van der Waals surface area contributed by atoms with E-state index in [1.807, 2.05) is 48.7 Å². The van der Waals surface area contributed by atoms with Gasteiger partial charge < -0.3 is 14.7 Å². The van der Waals surface area contributed by atoms with E-state index in [9.17, 15) is 22.6 Å². The zero-order valence-electron chi connectivity index (χ0n) is 23.8. The minimum atomic E-state index is -4.36. The fraction of sp³-hybridized carbons (Fsp3) is 0.182. The number of fused-ring (bicyclic) bond motifs is 2. The number of hydrogen-bond donors (Lipinski definition) is 2. The number of thiazole rings is 1. The van der Waals surface area contributed by atoms with Gasteiger partial charge in [0.2, 0.25) is 0 Å². The van der Waals surface area contributed by atoms with E-state index in [0.29, 0.717) is 22.5 Å². The van der Waals surface area contributed by atoms with Crippen molar-refractivity contribution in [1.82, 2.24) is 4.98 Å². The van der Waals surface area contributed by atoms with Crippen molar-refractivity contribution in [3.63, 3.8) is 0 Å². The van der Waals surface area contributed by atoms with Gasteiger partial charge in [-0.2, -0.15) is 8.42 Å². The Bertz CT molecular complexity index is 1910. The van der Waals surface area contributed by atoms with Crippen molar-refractivity contribution >= 4 is 66.5 Å². The molecule has 0 saturated heterocycles. The molecule has 0 bridgehead atoms. The first kappa shape index (κ1) is 30.9. The Kier molecular flexibility index (Phi) is 9.38. The molecule has 4 aromatic rings. The van der Waals surface area contributed by atoms with Crippen LogP contribution in [-0.4, -0.2) is 48.7 Å². The number of unbranched alkanes of at least 4 members (excludes halogenated alkanes) is 2. The van der Waals surface area contributed by atoms with Gasteiger partial charge in [-0.3, -0.25) is 9.35 Å². The van der Waals surface area contributed by atoms with Crippen LogP contribution in [0.3, 0.4) is 0 Å². The van der Waals surface area contributed by atoms with Gasteiger partial charge in [-0.15, -0.1) is 11.3 Å². The van der Waals surface area contributed by atoms with Crippen LogP contribution in [0, 0.1) is 0 Å². The van der Waals surface area contributed by atoms with E-state index >= 15 is 0 Å². The minimum Gasteiger partial charge on any atom is -0.481 e. The summed E-state index contributed by atoms with van der Waals surface area (Å²) in [5.74, 6) is -1.21. The molecule has 5 rings (SSSR count). The van der Waals surface area contributed by atoms with Gasteiger partial charge in [0.1, 0.15) is 5.01 Å². The second-order valence-corrected chi connectivity index (χ2v) is 12.6. The number of methoxy groups -OCH3 is 1. The molecule has 0 radical (unpaired) electrons. The number of carboxylic acid groups (broad SMARTS) is 1. The molecule has 0 amide bonds. The van der Waals surface area contributed by atoms with Gasteiger partial charge in [0, 0.05) is 30.4 Å². The third-order valence-electron chi connectivity index (χ3n) is 7.15. The van der Waals surface area contributed by atoms with Crippen LogP contribution in [0.15, 0.2) is 90.0 Å². The van der Waals surface area contributed by atoms with Crippen molar-refractivity contribution in [2.45, 2.75) is 30.6 Å². The van der Waals surface area contributed by atoms with E-state index in [0.717, 1.165) is 52.0 Å². The fourth-order valence-corrected chi connectivity index (χ4v) is 6.34. The molecule has 44 heavy (non-hydrogen) atoms. The molecule has 2 N–H and O–H groups in total. The molecule has 3 aromatic carbocycles. The number of aliphatic carboxylic acids is 1. The molecule has 1 aliphatic rings. The lowest BCUT2D eigenvalue weighted by Gasteiger charge is -2.28. The Balaban J connectivity index is 1.52. The summed E-state index contributed by atoms with van der Waals surface area (Å²) in [5, 5.41) is 9.54. The number of rotatable bonds is 11. The van der Waals surface area contributed by atoms with E-state index in [2.05, 4.69) is 22.0 Å². The number of aromatic nitrogens is 1. The summed E-state index contributed by atoms with van der Waals surface area (Å²) in [6, 6.07) is 19.4. The minimum absolute atomic E-state index is 0.172. The topological polar surface area (TPSA) is 134 Å². The third kappa shape index (κ3) is 7.31. The largest absolute Gasteiger partial charge is 0.481 e. The van der Waals surface area contributed by atoms with Crippen LogP contribution in [0.2, 0.25) is 0 Å². The average Bonchev–Trinajstić information content (AvgIpc) is 3.42. The van der Waals surface area contributed by atoms with Crippen LogP contribution in [0.5, 0.6) is 0 Å². The lowest BCUT2D eigenvalue weighted by atomic mass is 9.94. The molecular weight excluding hydrogens is 601 g/mol. The van der Waals surface area contributed by atoms with E-state index in [4.69, 9.17) is 9.84 Å². The zero-order chi connectivity index (χ0) is 31.3. The van der Waals surface area contributed by atoms with Crippen molar-refractivity contribution in [2.75, 3.05) is 18.6 Å². The summed E-state index contributed by atoms with van der Waals surface area (Å²) in [6.45, 7) is 0.759. The number of ether oxygens (including phenoxy) is 1. The number of carboxylic acids is 1. The lowest BCUT2D eigenvalue weighted by Crippen LogP contribution is -2.21. The molecule has 0 atom stereocenters. The SMILES string of the molecule is COC(=O)c1ccc(C(=C\c2nc3cc(S(=O)(=O)O)ccc3s2)/C=C2\C=CN(CCCCCC(=O)O)c3ccccc32)cc1. The first-order valence-corrected chi connectivity index (χ1v) is 16.1. The number of carbonyl (C=O) groups is 2. The molecule has 11 heteroatoms. The van der Waals surface area contributed by atoms with Crippen LogP contribution in [0.4, 0.5) is 5.69 Å². The smallest absolute Gasteiger partial charge is 0.337 e. The van der Waals surface area contributed by atoms with Gasteiger partial charge in [-0.05, 0) is 84.2 Å². The Hall–Kier alpha value is -4.58. The summed E-state index contributed by atoms with van der Waals surface area (Å²) in [7, 11) is -3.03. The maximum atomic E-state index is 12.1. The van der Waals surface area contributed by atoms with E-state index in [-0.39, 0.29) is 11.3 Å². The number of esters is 1. The molecule has 2 heterocycles. The van der Waals surface area contributed by atoms with Gasteiger partial charge in [0.05, 0.1) is 27.8 Å². The first-order chi connectivity index (χ1) is 21.1. The number of para-hydroxylation sites is 1. The molecule has 1 aromatic heterocycles. The van der Waals surface area contributed by atoms with Gasteiger partial charge in [0.15, 0.2) is 0 Å². The van der Waals surface area contributed by atoms with Crippen molar-refractivity contribution in [1.29, 1.82) is 0 Å². The van der Waals surface area contributed by atoms with Crippen LogP contribution < -0.4 is 4.90 Å². The van der Waals surface area contributed by atoms with Crippen molar-refractivity contribution in [3.05, 3.63) is 107 Å². The molecule has 0 fully saturated rings. The van der Waals surface area contributed by atoms with E-state index in [1.54, 1.807) is 18.2 Å². The monoisotopic (exact) mass is 630 g/mol. The molecule has 0 spiro atoms. The number of benzene rings is 3. The maximum Gasteiger partial charge on any atom is 0.337 e. The highest BCUT2D eigenvalue weighted by molar-refractivity contribution is 7.85. The first-order valence-electron chi connectivity index (χ1n) is 13.9. The highest BCUT2D eigenvalue weighted by Gasteiger charge is 2.17. The highest BCUT2D eigenvalue weighted by Crippen LogP contribution is 2.36. The van der Waals surface area contributed by atoms with Crippen LogP contribution in [0.25, 0.3) is 27.4 Å². The molecule has 226 valence electrons. The van der Waals surface area contributed by atoms with Crippen LogP contribution in [-0.2, 0) is 19.6 Å². The second kappa shape index (κ2) is 13.4. The van der Waals surface area contributed by atoms with Gasteiger partial charge in [-0.25, -0.2) is 9.78 Å². The summed E-state index contributed by atoms with van der Waals surface area (Å²) >= 11 is 1.38. The zero-order valence-corrected chi connectivity index (χ0v) is 25.5. The predicted octanol–water partition coefficient (Wildman–Crippen LogP) is 6.93. The number of anilines is 1. The van der Waals surface area contributed by atoms with Gasteiger partial charge in [-0.1, -0.05) is 36.8 Å². The van der Waals surface area contributed by atoms with Crippen molar-refractivity contribution in [3.8, 4) is 0 Å². The standard InChI is InChI=1S/C33H30N2O7S2/c1-42-33(38)23-12-10-22(11-13-23)25(20-31-34-28-21-26(44(39,40)41)14-15-30(28)43-31)19-24-16-18-35(17-6-2-3-9-32(36)37)29-8-5-4-7-27(24)29/h4-5,7-8,10-16,18-21H,2-3,6,9,17H2,1H3,(H,36,37)(H,39,40,41)/b24-19+,25-20-. The summed E-state index contributed by atoms with van der Waals surface area (Å²) in [5.41, 5.74) is 5.54. The number of carbonyl (C=O) groups excluding carboxylic acids is 1. The molecule has 0 saturated carbocycles. The predicted molar refractivity (Wildman–Crippen MR) is 172 cm³/mol. The Morgan fingerprint density at radius 3 is 2.48 bits per heavy atom. The van der Waals surface area contributed by atoms with Gasteiger partial charge in [0.25, 0.3) is 10.1 Å². The molecule has 9 nitrogen and oxygen atoms in total.